The van der Waals surface area contributed by atoms with Crippen molar-refractivity contribution in [2.45, 2.75) is 37.5 Å². The summed E-state index contributed by atoms with van der Waals surface area (Å²) in [7, 11) is 1.70. The lowest BCUT2D eigenvalue weighted by atomic mass is 9.81. The molecule has 3 heteroatoms. The molecule has 2 heterocycles. The zero-order valence-corrected chi connectivity index (χ0v) is 10.1. The topological polar surface area (TPSA) is 44.5 Å². The van der Waals surface area contributed by atoms with Gasteiger partial charge < -0.3 is 15.2 Å². The summed E-state index contributed by atoms with van der Waals surface area (Å²) in [6, 6.07) is 8.07. The largest absolute Gasteiger partial charge is 0.496 e. The van der Waals surface area contributed by atoms with Crippen LogP contribution in [0.25, 0.3) is 0 Å². The number of nitrogens with two attached hydrogens (primary N) is 1. The molecule has 92 valence electrons. The number of benzene rings is 1. The van der Waals surface area contributed by atoms with E-state index in [2.05, 4.69) is 6.07 Å². The molecule has 3 nitrogen and oxygen atoms in total. The molecule has 2 aliphatic heterocycles. The van der Waals surface area contributed by atoms with Crippen LogP contribution in [0, 0.1) is 5.92 Å². The standard InChI is InChI=1S/C14H19NO2/c1-16-12-5-3-2-4-10(12)14(15)11-8-9-6-7-13(11)17-9/h2-5,9,11,13-14H,6-8,15H2,1H3. The maximum absolute atomic E-state index is 6.40. The molecule has 2 fully saturated rings. The molecular weight excluding hydrogens is 214 g/mol. The van der Waals surface area contributed by atoms with E-state index in [-0.39, 0.29) is 6.04 Å². The molecule has 2 N–H and O–H groups in total. The van der Waals surface area contributed by atoms with E-state index >= 15 is 0 Å². The zero-order valence-electron chi connectivity index (χ0n) is 10.1. The fourth-order valence-corrected chi connectivity index (χ4v) is 3.23. The van der Waals surface area contributed by atoms with Crippen molar-refractivity contribution in [2.75, 3.05) is 7.11 Å². The maximum Gasteiger partial charge on any atom is 0.123 e. The van der Waals surface area contributed by atoms with Gasteiger partial charge in [0.25, 0.3) is 0 Å². The minimum Gasteiger partial charge on any atom is -0.496 e. The van der Waals surface area contributed by atoms with Gasteiger partial charge in [0.1, 0.15) is 5.75 Å². The first kappa shape index (κ1) is 11.1. The molecule has 2 saturated heterocycles. The average molecular weight is 233 g/mol. The van der Waals surface area contributed by atoms with Gasteiger partial charge in [-0.3, -0.25) is 0 Å². The van der Waals surface area contributed by atoms with Crippen molar-refractivity contribution >= 4 is 0 Å². The normalized spacial score (nSPS) is 32.7. The van der Waals surface area contributed by atoms with Gasteiger partial charge in [0, 0.05) is 17.5 Å². The molecule has 0 saturated carbocycles. The summed E-state index contributed by atoms with van der Waals surface area (Å²) in [5.41, 5.74) is 7.51. The second kappa shape index (κ2) is 4.31. The first-order chi connectivity index (χ1) is 8.29. The number of para-hydroxylation sites is 1. The molecule has 2 bridgehead atoms. The van der Waals surface area contributed by atoms with Crippen LogP contribution in [0.4, 0.5) is 0 Å². The summed E-state index contributed by atoms with van der Waals surface area (Å²) >= 11 is 0. The Morgan fingerprint density at radius 3 is 2.82 bits per heavy atom. The molecule has 2 aliphatic rings. The summed E-state index contributed by atoms with van der Waals surface area (Å²) in [4.78, 5) is 0. The maximum atomic E-state index is 6.40. The van der Waals surface area contributed by atoms with Crippen LogP contribution < -0.4 is 10.5 Å². The predicted octanol–water partition coefficient (Wildman–Crippen LogP) is 2.26. The van der Waals surface area contributed by atoms with Gasteiger partial charge >= 0.3 is 0 Å². The summed E-state index contributed by atoms with van der Waals surface area (Å²) in [5, 5.41) is 0. The van der Waals surface area contributed by atoms with Crippen LogP contribution in [0.5, 0.6) is 5.75 Å². The Labute approximate surface area is 102 Å². The van der Waals surface area contributed by atoms with Crippen LogP contribution in [0.3, 0.4) is 0 Å². The average Bonchev–Trinajstić information content (AvgIpc) is 3.00. The molecule has 17 heavy (non-hydrogen) atoms. The summed E-state index contributed by atoms with van der Waals surface area (Å²) in [6.45, 7) is 0. The number of fused-ring (bicyclic) bond motifs is 2. The van der Waals surface area contributed by atoms with Crippen LogP contribution >= 0.6 is 0 Å². The van der Waals surface area contributed by atoms with E-state index in [1.54, 1.807) is 7.11 Å². The van der Waals surface area contributed by atoms with Gasteiger partial charge in [-0.15, -0.1) is 0 Å². The quantitative estimate of drug-likeness (QED) is 0.871. The van der Waals surface area contributed by atoms with E-state index in [1.165, 1.54) is 6.42 Å². The molecule has 0 aromatic heterocycles. The molecule has 0 radical (unpaired) electrons. The van der Waals surface area contributed by atoms with Crippen molar-refractivity contribution in [2.24, 2.45) is 11.7 Å². The van der Waals surface area contributed by atoms with E-state index in [1.807, 2.05) is 18.2 Å². The minimum atomic E-state index is 0.0291. The van der Waals surface area contributed by atoms with Gasteiger partial charge in [-0.2, -0.15) is 0 Å². The Morgan fingerprint density at radius 2 is 2.18 bits per heavy atom. The highest BCUT2D eigenvalue weighted by Crippen LogP contribution is 2.45. The van der Waals surface area contributed by atoms with Gasteiger partial charge in [-0.1, -0.05) is 18.2 Å². The molecule has 0 aliphatic carbocycles. The molecule has 1 aromatic rings. The molecule has 0 amide bonds. The summed E-state index contributed by atoms with van der Waals surface area (Å²) in [5.74, 6) is 1.34. The lowest BCUT2D eigenvalue weighted by Crippen LogP contribution is -2.29. The van der Waals surface area contributed by atoms with Crippen LogP contribution in [0.2, 0.25) is 0 Å². The Kier molecular flexibility index (Phi) is 2.81. The number of methoxy groups -OCH3 is 1. The summed E-state index contributed by atoms with van der Waals surface area (Å²) in [6.07, 6.45) is 4.28. The molecule has 3 rings (SSSR count). The van der Waals surface area contributed by atoms with Gasteiger partial charge in [-0.05, 0) is 25.3 Å². The Morgan fingerprint density at radius 1 is 1.35 bits per heavy atom. The highest BCUT2D eigenvalue weighted by Gasteiger charge is 2.44. The minimum absolute atomic E-state index is 0.0291. The van der Waals surface area contributed by atoms with E-state index < -0.39 is 0 Å². The second-order valence-electron chi connectivity index (χ2n) is 5.04. The SMILES string of the molecule is COc1ccccc1C(N)C1CC2CCC1O2. The third-order valence-electron chi connectivity index (χ3n) is 4.11. The third-order valence-corrected chi connectivity index (χ3v) is 4.11. The molecule has 0 spiro atoms. The number of hydrogen-bond acceptors (Lipinski definition) is 3. The van der Waals surface area contributed by atoms with Crippen molar-refractivity contribution in [1.82, 2.24) is 0 Å². The van der Waals surface area contributed by atoms with Crippen LogP contribution in [0.1, 0.15) is 30.9 Å². The number of ether oxygens (including phenoxy) is 2. The summed E-state index contributed by atoms with van der Waals surface area (Å²) < 4.78 is 11.3. The van der Waals surface area contributed by atoms with Gasteiger partial charge in [0.2, 0.25) is 0 Å². The van der Waals surface area contributed by atoms with Crippen molar-refractivity contribution in [1.29, 1.82) is 0 Å². The molecule has 4 atom stereocenters. The Balaban J connectivity index is 1.84. The molecular formula is C14H19NO2. The fraction of sp³-hybridized carbons (Fsp3) is 0.571. The van der Waals surface area contributed by atoms with E-state index in [9.17, 15) is 0 Å². The monoisotopic (exact) mass is 233 g/mol. The third kappa shape index (κ3) is 1.83. The van der Waals surface area contributed by atoms with E-state index in [0.717, 1.165) is 24.2 Å². The lowest BCUT2D eigenvalue weighted by Gasteiger charge is -2.26. The van der Waals surface area contributed by atoms with Crippen molar-refractivity contribution < 1.29 is 9.47 Å². The fourth-order valence-electron chi connectivity index (χ4n) is 3.23. The van der Waals surface area contributed by atoms with Crippen molar-refractivity contribution in [3.8, 4) is 5.75 Å². The van der Waals surface area contributed by atoms with Crippen LogP contribution in [-0.2, 0) is 4.74 Å². The smallest absolute Gasteiger partial charge is 0.123 e. The van der Waals surface area contributed by atoms with E-state index in [4.69, 9.17) is 15.2 Å². The zero-order chi connectivity index (χ0) is 11.8. The first-order valence-electron chi connectivity index (χ1n) is 6.33. The lowest BCUT2D eigenvalue weighted by molar-refractivity contribution is 0.0883. The van der Waals surface area contributed by atoms with Gasteiger partial charge in [0.15, 0.2) is 0 Å². The van der Waals surface area contributed by atoms with Crippen LogP contribution in [-0.4, -0.2) is 19.3 Å². The van der Waals surface area contributed by atoms with Crippen molar-refractivity contribution in [3.63, 3.8) is 0 Å². The number of hydrogen-bond donors (Lipinski definition) is 1. The predicted molar refractivity (Wildman–Crippen MR) is 65.9 cm³/mol. The van der Waals surface area contributed by atoms with E-state index in [0.29, 0.717) is 18.1 Å². The molecule has 4 unspecified atom stereocenters. The highest BCUT2D eigenvalue weighted by molar-refractivity contribution is 5.36. The second-order valence-corrected chi connectivity index (χ2v) is 5.04. The molecule has 1 aromatic carbocycles. The Bertz CT molecular complexity index is 407. The van der Waals surface area contributed by atoms with Crippen molar-refractivity contribution in [3.05, 3.63) is 29.8 Å². The van der Waals surface area contributed by atoms with Gasteiger partial charge in [-0.25, -0.2) is 0 Å². The van der Waals surface area contributed by atoms with Gasteiger partial charge in [0.05, 0.1) is 19.3 Å². The first-order valence-corrected chi connectivity index (χ1v) is 6.33. The number of rotatable bonds is 3. The Hall–Kier alpha value is -1.06. The van der Waals surface area contributed by atoms with Crippen LogP contribution in [0.15, 0.2) is 24.3 Å². The highest BCUT2D eigenvalue weighted by atomic mass is 16.5.